The number of fused-ring (bicyclic) bond motifs is 1. The van der Waals surface area contributed by atoms with Crippen molar-refractivity contribution in [3.8, 4) is 0 Å². The van der Waals surface area contributed by atoms with Crippen LogP contribution in [0.25, 0.3) is 10.1 Å². The van der Waals surface area contributed by atoms with Crippen LogP contribution in [0, 0.1) is 0 Å². The lowest BCUT2D eigenvalue weighted by atomic mass is 10.2. The maximum absolute atomic E-state index is 5.89. The van der Waals surface area contributed by atoms with Crippen LogP contribution in [0.5, 0.6) is 0 Å². The van der Waals surface area contributed by atoms with Gasteiger partial charge in [-0.2, -0.15) is 0 Å². The maximum atomic E-state index is 5.89. The van der Waals surface area contributed by atoms with Crippen LogP contribution in [-0.2, 0) is 6.54 Å². The Hall–Kier alpha value is -0.640. The number of rotatable bonds is 1. The van der Waals surface area contributed by atoms with E-state index in [1.54, 1.807) is 17.5 Å². The molecule has 2 heterocycles. The zero-order chi connectivity index (χ0) is 8.55. The Bertz CT molecular complexity index is 410. The fourth-order valence-corrected chi connectivity index (χ4v) is 2.25. The van der Waals surface area contributed by atoms with Gasteiger partial charge in [-0.05, 0) is 17.0 Å². The standard InChI is InChI=1S/C8H7ClN2S/c9-8-7-6(1-2-12-7)5(3-10)4-11-8/h1-2,4H,3,10H2. The van der Waals surface area contributed by atoms with E-state index in [1.165, 1.54) is 0 Å². The van der Waals surface area contributed by atoms with Gasteiger partial charge < -0.3 is 5.73 Å². The molecule has 0 saturated carbocycles. The molecule has 0 amide bonds. The molecule has 0 saturated heterocycles. The van der Waals surface area contributed by atoms with Crippen LogP contribution in [0.4, 0.5) is 0 Å². The lowest BCUT2D eigenvalue weighted by molar-refractivity contribution is 1.07. The van der Waals surface area contributed by atoms with Crippen molar-refractivity contribution in [1.82, 2.24) is 4.98 Å². The quantitative estimate of drug-likeness (QED) is 0.715. The van der Waals surface area contributed by atoms with Crippen molar-refractivity contribution in [2.24, 2.45) is 5.73 Å². The highest BCUT2D eigenvalue weighted by molar-refractivity contribution is 7.17. The van der Waals surface area contributed by atoms with Gasteiger partial charge in [0.05, 0.1) is 4.70 Å². The van der Waals surface area contributed by atoms with Gasteiger partial charge in [-0.25, -0.2) is 4.98 Å². The number of hydrogen-bond donors (Lipinski definition) is 1. The molecular formula is C8H7ClN2S. The fraction of sp³-hybridized carbons (Fsp3) is 0.125. The molecule has 62 valence electrons. The molecule has 2 nitrogen and oxygen atoms in total. The summed E-state index contributed by atoms with van der Waals surface area (Å²) in [7, 11) is 0. The molecule has 0 spiro atoms. The molecule has 2 rings (SSSR count). The van der Waals surface area contributed by atoms with E-state index in [1.807, 2.05) is 11.4 Å². The van der Waals surface area contributed by atoms with E-state index in [2.05, 4.69) is 4.98 Å². The second-order valence-corrected chi connectivity index (χ2v) is 3.72. The third-order valence-electron chi connectivity index (χ3n) is 1.75. The fourth-order valence-electron chi connectivity index (χ4n) is 1.15. The van der Waals surface area contributed by atoms with Gasteiger partial charge in [0.25, 0.3) is 0 Å². The van der Waals surface area contributed by atoms with Gasteiger partial charge in [0, 0.05) is 18.1 Å². The van der Waals surface area contributed by atoms with Gasteiger partial charge in [0.1, 0.15) is 5.15 Å². The number of hydrogen-bond acceptors (Lipinski definition) is 3. The lowest BCUT2D eigenvalue weighted by Gasteiger charge is -1.98. The van der Waals surface area contributed by atoms with Crippen LogP contribution in [0.3, 0.4) is 0 Å². The van der Waals surface area contributed by atoms with E-state index < -0.39 is 0 Å². The molecule has 2 aromatic heterocycles. The molecule has 0 unspecified atom stereocenters. The summed E-state index contributed by atoms with van der Waals surface area (Å²) in [4.78, 5) is 4.05. The SMILES string of the molecule is NCc1cnc(Cl)c2sccc12. The highest BCUT2D eigenvalue weighted by Gasteiger charge is 2.04. The third kappa shape index (κ3) is 1.10. The Balaban J connectivity index is 2.82. The van der Waals surface area contributed by atoms with Crippen LogP contribution >= 0.6 is 22.9 Å². The summed E-state index contributed by atoms with van der Waals surface area (Å²) in [5.74, 6) is 0. The van der Waals surface area contributed by atoms with Crippen molar-refractivity contribution in [3.63, 3.8) is 0 Å². The molecule has 0 radical (unpaired) electrons. The van der Waals surface area contributed by atoms with Crippen molar-refractivity contribution in [1.29, 1.82) is 0 Å². The zero-order valence-electron chi connectivity index (χ0n) is 6.25. The minimum absolute atomic E-state index is 0.511. The molecule has 0 aliphatic heterocycles. The first kappa shape index (κ1) is 7.98. The van der Waals surface area contributed by atoms with Crippen molar-refractivity contribution in [3.05, 3.63) is 28.4 Å². The van der Waals surface area contributed by atoms with E-state index in [0.717, 1.165) is 15.6 Å². The Morgan fingerprint density at radius 3 is 3.17 bits per heavy atom. The number of halogens is 1. The van der Waals surface area contributed by atoms with Crippen molar-refractivity contribution in [2.75, 3.05) is 0 Å². The minimum Gasteiger partial charge on any atom is -0.326 e. The van der Waals surface area contributed by atoms with Crippen molar-refractivity contribution in [2.45, 2.75) is 6.54 Å². The van der Waals surface area contributed by atoms with E-state index in [9.17, 15) is 0 Å². The second kappa shape index (κ2) is 3.01. The Morgan fingerprint density at radius 1 is 1.58 bits per heavy atom. The Kier molecular flexibility index (Phi) is 2.00. The average Bonchev–Trinajstić information content (AvgIpc) is 2.54. The summed E-state index contributed by atoms with van der Waals surface area (Å²) in [6.07, 6.45) is 1.73. The predicted octanol–water partition coefficient (Wildman–Crippen LogP) is 2.41. The number of nitrogens with zero attached hydrogens (tertiary/aromatic N) is 1. The van der Waals surface area contributed by atoms with Crippen molar-refractivity contribution < 1.29 is 0 Å². The molecule has 2 N–H and O–H groups in total. The van der Waals surface area contributed by atoms with E-state index in [4.69, 9.17) is 17.3 Å². The highest BCUT2D eigenvalue weighted by atomic mass is 35.5. The number of nitrogens with two attached hydrogens (primary N) is 1. The molecule has 0 fully saturated rings. The molecule has 0 aliphatic rings. The van der Waals surface area contributed by atoms with Crippen LogP contribution in [0.1, 0.15) is 5.56 Å². The van der Waals surface area contributed by atoms with E-state index in [0.29, 0.717) is 11.7 Å². The van der Waals surface area contributed by atoms with Gasteiger partial charge in [0.15, 0.2) is 0 Å². The topological polar surface area (TPSA) is 38.9 Å². The molecular weight excluding hydrogens is 192 g/mol. The first-order valence-electron chi connectivity index (χ1n) is 3.53. The molecule has 12 heavy (non-hydrogen) atoms. The summed E-state index contributed by atoms with van der Waals surface area (Å²) < 4.78 is 1.03. The summed E-state index contributed by atoms with van der Waals surface area (Å²) in [5.41, 5.74) is 6.60. The van der Waals surface area contributed by atoms with Gasteiger partial charge in [-0.3, -0.25) is 0 Å². The number of thiophene rings is 1. The normalized spacial score (nSPS) is 10.8. The first-order valence-corrected chi connectivity index (χ1v) is 4.79. The van der Waals surface area contributed by atoms with Crippen LogP contribution < -0.4 is 5.73 Å². The molecule has 0 aromatic carbocycles. The molecule has 0 aliphatic carbocycles. The molecule has 0 bridgehead atoms. The summed E-state index contributed by atoms with van der Waals surface area (Å²) in [5, 5.41) is 3.69. The van der Waals surface area contributed by atoms with Crippen LogP contribution in [0.15, 0.2) is 17.6 Å². The largest absolute Gasteiger partial charge is 0.326 e. The van der Waals surface area contributed by atoms with Crippen LogP contribution in [-0.4, -0.2) is 4.98 Å². The van der Waals surface area contributed by atoms with Gasteiger partial charge in [-0.1, -0.05) is 11.6 Å². The number of pyridine rings is 1. The molecule has 4 heteroatoms. The molecule has 0 atom stereocenters. The third-order valence-corrected chi connectivity index (χ3v) is 3.07. The summed E-state index contributed by atoms with van der Waals surface area (Å²) >= 11 is 7.48. The number of aromatic nitrogens is 1. The van der Waals surface area contributed by atoms with Gasteiger partial charge in [-0.15, -0.1) is 11.3 Å². The second-order valence-electron chi connectivity index (χ2n) is 2.44. The predicted molar refractivity (Wildman–Crippen MR) is 52.5 cm³/mol. The summed E-state index contributed by atoms with van der Waals surface area (Å²) in [6, 6.07) is 2.02. The Labute approximate surface area is 79.0 Å². The average molecular weight is 199 g/mol. The van der Waals surface area contributed by atoms with E-state index in [-0.39, 0.29) is 0 Å². The van der Waals surface area contributed by atoms with Crippen molar-refractivity contribution >= 4 is 33.0 Å². The van der Waals surface area contributed by atoms with Gasteiger partial charge in [0.2, 0.25) is 0 Å². The smallest absolute Gasteiger partial charge is 0.146 e. The Morgan fingerprint density at radius 2 is 2.42 bits per heavy atom. The summed E-state index contributed by atoms with van der Waals surface area (Å²) in [6.45, 7) is 0.511. The monoisotopic (exact) mass is 198 g/mol. The maximum Gasteiger partial charge on any atom is 0.146 e. The first-order chi connectivity index (χ1) is 5.83. The van der Waals surface area contributed by atoms with Gasteiger partial charge >= 0.3 is 0 Å². The lowest BCUT2D eigenvalue weighted by Crippen LogP contribution is -1.97. The minimum atomic E-state index is 0.511. The highest BCUT2D eigenvalue weighted by Crippen LogP contribution is 2.28. The van der Waals surface area contributed by atoms with Crippen LogP contribution in [0.2, 0.25) is 5.15 Å². The zero-order valence-corrected chi connectivity index (χ0v) is 7.82. The van der Waals surface area contributed by atoms with E-state index >= 15 is 0 Å². The molecule has 2 aromatic rings.